The number of anilines is 1. The number of thiazole rings is 1. The molecule has 0 bridgehead atoms. The Hall–Kier alpha value is -2.15. The summed E-state index contributed by atoms with van der Waals surface area (Å²) in [5.74, 6) is -0.00719. The number of carbonyl (C=O) groups is 1. The SMILES string of the molecule is CC(C)(C)c1ccc(C(=O)NCCN2CCN(c3nc4ccc(Cl)cc4s3)CC2)cc1. The summed E-state index contributed by atoms with van der Waals surface area (Å²) >= 11 is 7.79. The van der Waals surface area contributed by atoms with Crippen molar-refractivity contribution in [3.8, 4) is 0 Å². The predicted molar refractivity (Wildman–Crippen MR) is 131 cm³/mol. The Labute approximate surface area is 193 Å². The van der Waals surface area contributed by atoms with Gasteiger partial charge < -0.3 is 10.2 Å². The number of hydrogen-bond acceptors (Lipinski definition) is 5. The van der Waals surface area contributed by atoms with Crippen LogP contribution in [0.3, 0.4) is 0 Å². The van der Waals surface area contributed by atoms with Crippen LogP contribution in [0, 0.1) is 0 Å². The van der Waals surface area contributed by atoms with E-state index in [2.05, 4.69) is 35.9 Å². The van der Waals surface area contributed by atoms with Crippen LogP contribution < -0.4 is 10.2 Å². The van der Waals surface area contributed by atoms with Gasteiger partial charge >= 0.3 is 0 Å². The second-order valence-corrected chi connectivity index (χ2v) is 10.5. The average molecular weight is 457 g/mol. The highest BCUT2D eigenvalue weighted by Gasteiger charge is 2.20. The lowest BCUT2D eigenvalue weighted by molar-refractivity contribution is 0.0947. The summed E-state index contributed by atoms with van der Waals surface area (Å²) in [5, 5.41) is 4.86. The average Bonchev–Trinajstić information content (AvgIpc) is 3.17. The van der Waals surface area contributed by atoms with Gasteiger partial charge in [-0.25, -0.2) is 4.98 Å². The van der Waals surface area contributed by atoms with Crippen LogP contribution in [0.5, 0.6) is 0 Å². The number of nitrogens with one attached hydrogen (secondary N) is 1. The molecule has 1 saturated heterocycles. The molecule has 7 heteroatoms. The van der Waals surface area contributed by atoms with E-state index in [1.165, 1.54) is 5.56 Å². The molecule has 0 aliphatic carbocycles. The Morgan fingerprint density at radius 3 is 2.48 bits per heavy atom. The normalized spacial score (nSPS) is 15.4. The lowest BCUT2D eigenvalue weighted by Crippen LogP contribution is -2.48. The summed E-state index contributed by atoms with van der Waals surface area (Å²) in [4.78, 5) is 21.9. The second-order valence-electron chi connectivity index (χ2n) is 9.02. The lowest BCUT2D eigenvalue weighted by Gasteiger charge is -2.34. The fourth-order valence-electron chi connectivity index (χ4n) is 3.74. The first-order valence-electron chi connectivity index (χ1n) is 10.7. The summed E-state index contributed by atoms with van der Waals surface area (Å²) in [6.45, 7) is 11.8. The van der Waals surface area contributed by atoms with Crippen LogP contribution in [0.25, 0.3) is 10.2 Å². The molecule has 2 heterocycles. The number of halogens is 1. The minimum absolute atomic E-state index is 0.00719. The molecule has 1 fully saturated rings. The number of nitrogens with zero attached hydrogens (tertiary/aromatic N) is 3. The van der Waals surface area contributed by atoms with Crippen molar-refractivity contribution in [1.82, 2.24) is 15.2 Å². The van der Waals surface area contributed by atoms with Gasteiger partial charge in [-0.2, -0.15) is 0 Å². The maximum atomic E-state index is 12.4. The zero-order chi connectivity index (χ0) is 22.0. The highest BCUT2D eigenvalue weighted by Crippen LogP contribution is 2.31. The van der Waals surface area contributed by atoms with Crippen molar-refractivity contribution in [1.29, 1.82) is 0 Å². The van der Waals surface area contributed by atoms with Gasteiger partial charge in [-0.3, -0.25) is 9.69 Å². The van der Waals surface area contributed by atoms with Crippen LogP contribution in [-0.4, -0.2) is 55.1 Å². The smallest absolute Gasteiger partial charge is 0.251 e. The Balaban J connectivity index is 1.23. The minimum Gasteiger partial charge on any atom is -0.351 e. The van der Waals surface area contributed by atoms with Crippen molar-refractivity contribution < 1.29 is 4.79 Å². The van der Waals surface area contributed by atoms with Gasteiger partial charge in [0.1, 0.15) is 0 Å². The third-order valence-corrected chi connectivity index (χ3v) is 7.02. The topological polar surface area (TPSA) is 48.5 Å². The Morgan fingerprint density at radius 2 is 1.81 bits per heavy atom. The molecule has 2 aromatic carbocycles. The number of aromatic nitrogens is 1. The number of carbonyl (C=O) groups excluding carboxylic acids is 1. The highest BCUT2D eigenvalue weighted by molar-refractivity contribution is 7.22. The number of amides is 1. The van der Waals surface area contributed by atoms with Gasteiger partial charge in [0.15, 0.2) is 5.13 Å². The molecule has 164 valence electrons. The van der Waals surface area contributed by atoms with Crippen LogP contribution in [0.4, 0.5) is 5.13 Å². The summed E-state index contributed by atoms with van der Waals surface area (Å²) in [5.41, 5.74) is 3.05. The van der Waals surface area contributed by atoms with Crippen LogP contribution in [-0.2, 0) is 5.41 Å². The molecule has 0 atom stereocenters. The maximum Gasteiger partial charge on any atom is 0.251 e. The van der Waals surface area contributed by atoms with E-state index in [-0.39, 0.29) is 11.3 Å². The van der Waals surface area contributed by atoms with Crippen molar-refractivity contribution >= 4 is 44.2 Å². The first kappa shape index (κ1) is 22.1. The Kier molecular flexibility index (Phi) is 6.51. The number of rotatable bonds is 5. The van der Waals surface area contributed by atoms with Gasteiger partial charge in [0.2, 0.25) is 0 Å². The molecule has 1 aliphatic rings. The fourth-order valence-corrected chi connectivity index (χ4v) is 5.03. The molecule has 0 saturated carbocycles. The molecular weight excluding hydrogens is 428 g/mol. The molecule has 5 nitrogen and oxygen atoms in total. The molecule has 3 aromatic rings. The van der Waals surface area contributed by atoms with Gasteiger partial charge in [-0.1, -0.05) is 55.8 Å². The lowest BCUT2D eigenvalue weighted by atomic mass is 9.87. The summed E-state index contributed by atoms with van der Waals surface area (Å²) < 4.78 is 1.13. The molecule has 0 unspecified atom stereocenters. The van der Waals surface area contributed by atoms with Crippen LogP contribution in [0.1, 0.15) is 36.7 Å². The molecule has 0 radical (unpaired) electrons. The summed E-state index contributed by atoms with van der Waals surface area (Å²) in [7, 11) is 0. The van der Waals surface area contributed by atoms with Gasteiger partial charge in [0.25, 0.3) is 5.91 Å². The molecule has 1 N–H and O–H groups in total. The van der Waals surface area contributed by atoms with Crippen molar-refractivity contribution in [2.24, 2.45) is 0 Å². The van der Waals surface area contributed by atoms with Crippen molar-refractivity contribution in [3.63, 3.8) is 0 Å². The zero-order valence-electron chi connectivity index (χ0n) is 18.3. The first-order valence-corrected chi connectivity index (χ1v) is 11.9. The van der Waals surface area contributed by atoms with Crippen LogP contribution in [0.2, 0.25) is 5.02 Å². The standard InChI is InChI=1S/C24H29ClN4OS/c1-24(2,3)18-6-4-17(5-7-18)22(30)26-10-11-28-12-14-29(15-13-28)23-27-20-9-8-19(25)16-21(20)31-23/h4-9,16H,10-15H2,1-3H3,(H,26,30). The van der Waals surface area contributed by atoms with E-state index in [9.17, 15) is 4.79 Å². The fraction of sp³-hybridized carbons (Fsp3) is 0.417. The Bertz CT molecular complexity index is 1050. The molecule has 1 amide bonds. The van der Waals surface area contributed by atoms with E-state index in [4.69, 9.17) is 16.6 Å². The van der Waals surface area contributed by atoms with Crippen molar-refractivity contribution in [2.45, 2.75) is 26.2 Å². The molecular formula is C24H29ClN4OS. The van der Waals surface area contributed by atoms with Gasteiger partial charge in [0.05, 0.1) is 10.2 Å². The first-order chi connectivity index (χ1) is 14.8. The summed E-state index contributed by atoms with van der Waals surface area (Å²) in [6.07, 6.45) is 0. The van der Waals surface area contributed by atoms with Crippen molar-refractivity contribution in [2.75, 3.05) is 44.2 Å². The van der Waals surface area contributed by atoms with Gasteiger partial charge in [0, 0.05) is 49.9 Å². The number of benzene rings is 2. The number of fused-ring (bicyclic) bond motifs is 1. The second kappa shape index (κ2) is 9.15. The minimum atomic E-state index is -0.00719. The number of hydrogen-bond donors (Lipinski definition) is 1. The van der Waals surface area contributed by atoms with E-state index in [1.54, 1.807) is 11.3 Å². The monoisotopic (exact) mass is 456 g/mol. The van der Waals surface area contributed by atoms with E-state index in [1.807, 2.05) is 42.5 Å². The van der Waals surface area contributed by atoms with E-state index in [0.29, 0.717) is 12.1 Å². The van der Waals surface area contributed by atoms with E-state index < -0.39 is 0 Å². The van der Waals surface area contributed by atoms with Crippen molar-refractivity contribution in [3.05, 3.63) is 58.6 Å². The quantitative estimate of drug-likeness (QED) is 0.599. The largest absolute Gasteiger partial charge is 0.351 e. The third-order valence-electron chi connectivity index (χ3n) is 5.71. The van der Waals surface area contributed by atoms with Gasteiger partial charge in [-0.05, 0) is 41.3 Å². The van der Waals surface area contributed by atoms with Gasteiger partial charge in [-0.15, -0.1) is 0 Å². The predicted octanol–water partition coefficient (Wildman–Crippen LogP) is 4.80. The summed E-state index contributed by atoms with van der Waals surface area (Å²) in [6, 6.07) is 13.8. The molecule has 0 spiro atoms. The third kappa shape index (κ3) is 5.37. The van der Waals surface area contributed by atoms with E-state index >= 15 is 0 Å². The zero-order valence-corrected chi connectivity index (χ0v) is 19.9. The number of piperazine rings is 1. The molecule has 1 aliphatic heterocycles. The highest BCUT2D eigenvalue weighted by atomic mass is 35.5. The Morgan fingerprint density at radius 1 is 1.10 bits per heavy atom. The van der Waals surface area contributed by atoms with Crippen LogP contribution in [0.15, 0.2) is 42.5 Å². The van der Waals surface area contributed by atoms with Crippen LogP contribution >= 0.6 is 22.9 Å². The van der Waals surface area contributed by atoms with E-state index in [0.717, 1.165) is 53.1 Å². The maximum absolute atomic E-state index is 12.4. The molecule has 1 aromatic heterocycles. The molecule has 31 heavy (non-hydrogen) atoms. The molecule has 4 rings (SSSR count).